The maximum Gasteiger partial charge on any atom is 0.0726 e. The number of ether oxygens (including phenoxy) is 1. The number of rotatable bonds is 3. The van der Waals surface area contributed by atoms with Crippen molar-refractivity contribution < 1.29 is 4.74 Å². The number of hydrogen-bond acceptors (Lipinski definition) is 3. The Kier molecular flexibility index (Phi) is 5.33. The van der Waals surface area contributed by atoms with Gasteiger partial charge >= 0.3 is 0 Å². The Morgan fingerprint density at radius 3 is 2.43 bits per heavy atom. The highest BCUT2D eigenvalue weighted by molar-refractivity contribution is 9.10. The highest BCUT2D eigenvalue weighted by Gasteiger charge is 2.24. The van der Waals surface area contributed by atoms with E-state index in [0.29, 0.717) is 0 Å². The lowest BCUT2D eigenvalue weighted by Crippen LogP contribution is -2.46. The van der Waals surface area contributed by atoms with Crippen LogP contribution in [-0.2, 0) is 11.3 Å². The van der Waals surface area contributed by atoms with Crippen LogP contribution in [0, 0.1) is 0 Å². The maximum atomic E-state index is 5.85. The number of nitrogens with zero attached hydrogens (tertiary/aromatic N) is 1. The van der Waals surface area contributed by atoms with E-state index in [1.807, 2.05) is 0 Å². The van der Waals surface area contributed by atoms with E-state index in [4.69, 9.17) is 4.74 Å². The molecular weight excluding hydrogens is 328 g/mol. The molecule has 4 heteroatoms. The van der Waals surface area contributed by atoms with Crippen molar-refractivity contribution >= 4 is 21.6 Å². The molecule has 0 saturated carbocycles. The highest BCUT2D eigenvalue weighted by atomic mass is 79.9. The minimum atomic E-state index is 0.121. The average molecular weight is 355 g/mol. The Morgan fingerprint density at radius 1 is 1.24 bits per heavy atom. The van der Waals surface area contributed by atoms with Crippen LogP contribution in [0.2, 0.25) is 0 Å². The van der Waals surface area contributed by atoms with Gasteiger partial charge in [-0.3, -0.25) is 0 Å². The molecule has 3 nitrogen and oxygen atoms in total. The summed E-state index contributed by atoms with van der Waals surface area (Å²) in [5.74, 6) is 0. The summed E-state index contributed by atoms with van der Waals surface area (Å²) in [6.45, 7) is 13.7. The molecule has 1 aliphatic rings. The van der Waals surface area contributed by atoms with E-state index >= 15 is 0 Å². The van der Waals surface area contributed by atoms with Gasteiger partial charge in [0.2, 0.25) is 0 Å². The largest absolute Gasteiger partial charge is 0.372 e. The first-order chi connectivity index (χ1) is 9.74. The van der Waals surface area contributed by atoms with Crippen molar-refractivity contribution in [2.75, 3.05) is 18.0 Å². The molecule has 0 bridgehead atoms. The lowest BCUT2D eigenvalue weighted by atomic mass is 10.1. The van der Waals surface area contributed by atoms with E-state index in [-0.39, 0.29) is 17.7 Å². The van der Waals surface area contributed by atoms with Gasteiger partial charge in [-0.2, -0.15) is 0 Å². The topological polar surface area (TPSA) is 24.5 Å². The van der Waals surface area contributed by atoms with Gasteiger partial charge < -0.3 is 15.0 Å². The van der Waals surface area contributed by atoms with Gasteiger partial charge in [-0.1, -0.05) is 22.0 Å². The highest BCUT2D eigenvalue weighted by Crippen LogP contribution is 2.28. The van der Waals surface area contributed by atoms with Gasteiger partial charge in [0.15, 0.2) is 0 Å². The summed E-state index contributed by atoms with van der Waals surface area (Å²) in [5, 5.41) is 3.59. The zero-order valence-electron chi connectivity index (χ0n) is 13.7. The van der Waals surface area contributed by atoms with E-state index in [2.05, 4.69) is 79.0 Å². The molecule has 21 heavy (non-hydrogen) atoms. The van der Waals surface area contributed by atoms with Crippen molar-refractivity contribution in [2.45, 2.75) is 58.9 Å². The van der Waals surface area contributed by atoms with Crippen LogP contribution >= 0.6 is 15.9 Å². The number of anilines is 1. The van der Waals surface area contributed by atoms with Crippen LogP contribution in [0.15, 0.2) is 22.7 Å². The molecule has 0 radical (unpaired) electrons. The fraction of sp³-hybridized carbons (Fsp3) is 0.647. The summed E-state index contributed by atoms with van der Waals surface area (Å²) < 4.78 is 6.98. The van der Waals surface area contributed by atoms with Gasteiger partial charge in [0.25, 0.3) is 0 Å². The first kappa shape index (κ1) is 16.8. The van der Waals surface area contributed by atoms with Crippen molar-refractivity contribution in [1.29, 1.82) is 0 Å². The van der Waals surface area contributed by atoms with Crippen LogP contribution < -0.4 is 10.2 Å². The van der Waals surface area contributed by atoms with Gasteiger partial charge in [-0.15, -0.1) is 0 Å². The van der Waals surface area contributed by atoms with Gasteiger partial charge in [0, 0.05) is 35.3 Å². The van der Waals surface area contributed by atoms with Gasteiger partial charge in [-0.25, -0.2) is 0 Å². The van der Waals surface area contributed by atoms with Crippen molar-refractivity contribution in [2.24, 2.45) is 0 Å². The van der Waals surface area contributed by atoms with E-state index < -0.39 is 0 Å². The van der Waals surface area contributed by atoms with Gasteiger partial charge in [0.1, 0.15) is 0 Å². The molecule has 0 aromatic heterocycles. The predicted molar refractivity (Wildman–Crippen MR) is 93.0 cm³/mol. The molecule has 2 atom stereocenters. The monoisotopic (exact) mass is 354 g/mol. The average Bonchev–Trinajstić information content (AvgIpc) is 2.35. The number of morpholine rings is 1. The number of nitrogens with one attached hydrogen (secondary N) is 1. The second-order valence-electron chi connectivity index (χ2n) is 7.04. The summed E-state index contributed by atoms with van der Waals surface area (Å²) in [7, 11) is 0. The lowest BCUT2D eigenvalue weighted by molar-refractivity contribution is -0.00527. The normalized spacial score (nSPS) is 23.4. The second-order valence-corrected chi connectivity index (χ2v) is 7.95. The SMILES string of the molecule is C[C@@H]1CN(c2cc(Br)ccc2CNC(C)(C)C)C[C@H](C)O1. The summed E-state index contributed by atoms with van der Waals surface area (Å²) in [4.78, 5) is 2.45. The van der Waals surface area contributed by atoms with Gasteiger partial charge in [-0.05, 0) is 52.3 Å². The summed E-state index contributed by atoms with van der Waals surface area (Å²) >= 11 is 3.61. The van der Waals surface area contributed by atoms with Crippen LogP contribution in [0.4, 0.5) is 5.69 Å². The number of halogens is 1. The van der Waals surface area contributed by atoms with E-state index in [0.717, 1.165) is 24.1 Å². The first-order valence-electron chi connectivity index (χ1n) is 7.68. The molecule has 1 aromatic carbocycles. The van der Waals surface area contributed by atoms with Crippen LogP contribution in [-0.4, -0.2) is 30.8 Å². The van der Waals surface area contributed by atoms with Crippen LogP contribution in [0.5, 0.6) is 0 Å². The molecule has 1 saturated heterocycles. The summed E-state index contributed by atoms with van der Waals surface area (Å²) in [5.41, 5.74) is 2.77. The Morgan fingerprint density at radius 2 is 1.86 bits per heavy atom. The van der Waals surface area contributed by atoms with E-state index in [1.54, 1.807) is 0 Å². The Hall–Kier alpha value is -0.580. The van der Waals surface area contributed by atoms with Crippen molar-refractivity contribution in [3.05, 3.63) is 28.2 Å². The molecule has 1 N–H and O–H groups in total. The molecule has 0 spiro atoms. The molecular formula is C17H27BrN2O. The zero-order chi connectivity index (χ0) is 15.6. The molecule has 1 aromatic rings. The maximum absolute atomic E-state index is 5.85. The number of benzene rings is 1. The van der Waals surface area contributed by atoms with E-state index in [1.165, 1.54) is 11.3 Å². The minimum absolute atomic E-state index is 0.121. The molecule has 1 aliphatic heterocycles. The summed E-state index contributed by atoms with van der Waals surface area (Å²) in [6.07, 6.45) is 0.548. The Labute approximate surface area is 137 Å². The van der Waals surface area contributed by atoms with Crippen LogP contribution in [0.3, 0.4) is 0 Å². The number of hydrogen-bond donors (Lipinski definition) is 1. The molecule has 1 heterocycles. The predicted octanol–water partition coefficient (Wildman–Crippen LogP) is 3.95. The fourth-order valence-corrected chi connectivity index (χ4v) is 3.06. The smallest absolute Gasteiger partial charge is 0.0726 e. The van der Waals surface area contributed by atoms with Crippen LogP contribution in [0.25, 0.3) is 0 Å². The Bertz CT molecular complexity index is 474. The lowest BCUT2D eigenvalue weighted by Gasteiger charge is -2.38. The van der Waals surface area contributed by atoms with Crippen molar-refractivity contribution in [3.63, 3.8) is 0 Å². The quantitative estimate of drug-likeness (QED) is 0.889. The zero-order valence-corrected chi connectivity index (χ0v) is 15.3. The van der Waals surface area contributed by atoms with Crippen molar-refractivity contribution in [1.82, 2.24) is 5.32 Å². The standard InChI is InChI=1S/C17H27BrN2O/c1-12-10-20(11-13(2)21-12)16-8-15(18)7-6-14(16)9-19-17(3,4)5/h6-8,12-13,19H,9-11H2,1-5H3/t12-,13+. The minimum Gasteiger partial charge on any atom is -0.372 e. The molecule has 0 unspecified atom stereocenters. The molecule has 118 valence electrons. The van der Waals surface area contributed by atoms with Crippen LogP contribution in [0.1, 0.15) is 40.2 Å². The second kappa shape index (κ2) is 6.67. The van der Waals surface area contributed by atoms with E-state index in [9.17, 15) is 0 Å². The Balaban J connectivity index is 2.22. The molecule has 1 fully saturated rings. The molecule has 0 amide bonds. The molecule has 0 aliphatic carbocycles. The fourth-order valence-electron chi connectivity index (χ4n) is 2.72. The van der Waals surface area contributed by atoms with Crippen molar-refractivity contribution in [3.8, 4) is 0 Å². The van der Waals surface area contributed by atoms with Gasteiger partial charge in [0.05, 0.1) is 12.2 Å². The molecule has 2 rings (SSSR count). The summed E-state index contributed by atoms with van der Waals surface area (Å²) in [6, 6.07) is 6.56. The third kappa shape index (κ3) is 4.97. The third-order valence-corrected chi connectivity index (χ3v) is 4.11. The first-order valence-corrected chi connectivity index (χ1v) is 8.48. The third-order valence-electron chi connectivity index (χ3n) is 3.62.